The van der Waals surface area contributed by atoms with Gasteiger partial charge in [-0.15, -0.1) is 0 Å². The maximum atomic E-state index is 11.7. The number of benzene rings is 1. The summed E-state index contributed by atoms with van der Waals surface area (Å²) in [6.45, 7) is 2.37. The summed E-state index contributed by atoms with van der Waals surface area (Å²) < 4.78 is 1.99. The molecule has 5 heteroatoms. The predicted octanol–water partition coefficient (Wildman–Crippen LogP) is 0.921. The lowest BCUT2D eigenvalue weighted by Crippen LogP contribution is -2.40. The van der Waals surface area contributed by atoms with Crippen molar-refractivity contribution in [3.05, 3.63) is 30.1 Å². The Hall–Kier alpha value is -1.88. The average molecular weight is 260 g/mol. The smallest absolute Gasteiger partial charge is 0.238 e. The highest BCUT2D eigenvalue weighted by atomic mass is 16.2. The van der Waals surface area contributed by atoms with Crippen molar-refractivity contribution in [2.45, 2.75) is 19.4 Å². The number of amides is 1. The van der Waals surface area contributed by atoms with Crippen LogP contribution in [0.15, 0.2) is 24.5 Å². The second kappa shape index (κ2) is 5.40. The molecule has 0 fully saturated rings. The van der Waals surface area contributed by atoms with E-state index in [0.717, 1.165) is 17.5 Å². The van der Waals surface area contributed by atoms with Crippen LogP contribution >= 0.6 is 0 Å². The van der Waals surface area contributed by atoms with Gasteiger partial charge in [0.2, 0.25) is 5.91 Å². The molecule has 2 rings (SSSR count). The molecule has 0 bridgehead atoms. The van der Waals surface area contributed by atoms with Gasteiger partial charge in [-0.25, -0.2) is 4.98 Å². The molecule has 5 nitrogen and oxygen atoms in total. The minimum absolute atomic E-state index is 0.0288. The van der Waals surface area contributed by atoms with E-state index in [1.54, 1.807) is 25.2 Å². The number of carbonyl (C=O) groups is 1. The van der Waals surface area contributed by atoms with Gasteiger partial charge in [-0.2, -0.15) is 0 Å². The molecule has 0 spiro atoms. The van der Waals surface area contributed by atoms with Gasteiger partial charge >= 0.3 is 0 Å². The van der Waals surface area contributed by atoms with Crippen molar-refractivity contribution >= 4 is 16.9 Å². The Labute approximate surface area is 113 Å². The Morgan fingerprint density at radius 1 is 1.53 bits per heavy atom. The van der Waals surface area contributed by atoms with Crippen LogP contribution in [0, 0.1) is 0 Å². The first-order valence-corrected chi connectivity index (χ1v) is 6.39. The third kappa shape index (κ3) is 2.93. The molecule has 1 aromatic heterocycles. The standard InChI is InChI=1S/C14H20N4O/c1-10(15)14(19)17(2)7-6-11-4-5-13-12(8-11)16-9-18(13)3/h4-5,8-10H,6-7,15H2,1-3H3. The van der Waals surface area contributed by atoms with Crippen LogP contribution in [-0.4, -0.2) is 40.0 Å². The first-order valence-electron chi connectivity index (χ1n) is 6.39. The second-order valence-electron chi connectivity index (χ2n) is 4.98. The summed E-state index contributed by atoms with van der Waals surface area (Å²) in [6.07, 6.45) is 2.61. The molecule has 0 radical (unpaired) electrons. The van der Waals surface area contributed by atoms with Crippen LogP contribution in [0.5, 0.6) is 0 Å². The van der Waals surface area contributed by atoms with E-state index >= 15 is 0 Å². The second-order valence-corrected chi connectivity index (χ2v) is 4.98. The monoisotopic (exact) mass is 260 g/mol. The lowest BCUT2D eigenvalue weighted by molar-refractivity contribution is -0.130. The van der Waals surface area contributed by atoms with Crippen LogP contribution in [0.1, 0.15) is 12.5 Å². The Balaban J connectivity index is 2.04. The number of nitrogens with zero attached hydrogens (tertiary/aromatic N) is 3. The van der Waals surface area contributed by atoms with E-state index in [0.29, 0.717) is 6.54 Å². The summed E-state index contributed by atoms with van der Waals surface area (Å²) in [5, 5.41) is 0. The number of aromatic nitrogens is 2. The van der Waals surface area contributed by atoms with Crippen molar-refractivity contribution in [3.8, 4) is 0 Å². The minimum atomic E-state index is -0.441. The molecule has 19 heavy (non-hydrogen) atoms. The Morgan fingerprint density at radius 2 is 2.26 bits per heavy atom. The highest BCUT2D eigenvalue weighted by molar-refractivity contribution is 5.81. The summed E-state index contributed by atoms with van der Waals surface area (Å²) in [6, 6.07) is 5.77. The molecule has 2 aromatic rings. The third-order valence-electron chi connectivity index (χ3n) is 3.29. The van der Waals surface area contributed by atoms with Gasteiger partial charge < -0.3 is 15.2 Å². The molecule has 1 unspecified atom stereocenters. The van der Waals surface area contributed by atoms with Crippen molar-refractivity contribution in [1.29, 1.82) is 0 Å². The normalized spacial score (nSPS) is 12.6. The van der Waals surface area contributed by atoms with Gasteiger partial charge in [-0.3, -0.25) is 4.79 Å². The fourth-order valence-electron chi connectivity index (χ4n) is 2.09. The summed E-state index contributed by atoms with van der Waals surface area (Å²) in [5.41, 5.74) is 8.86. The molecule has 1 heterocycles. The van der Waals surface area contributed by atoms with Gasteiger partial charge in [0.15, 0.2) is 0 Å². The number of hydrogen-bond donors (Lipinski definition) is 1. The zero-order valence-electron chi connectivity index (χ0n) is 11.6. The minimum Gasteiger partial charge on any atom is -0.344 e. The number of imidazole rings is 1. The summed E-state index contributed by atoms with van der Waals surface area (Å²) in [7, 11) is 3.76. The summed E-state index contributed by atoms with van der Waals surface area (Å²) in [5.74, 6) is -0.0288. The lowest BCUT2D eigenvalue weighted by Gasteiger charge is -2.19. The van der Waals surface area contributed by atoms with E-state index in [9.17, 15) is 4.79 Å². The topological polar surface area (TPSA) is 64.2 Å². The quantitative estimate of drug-likeness (QED) is 0.889. The third-order valence-corrected chi connectivity index (χ3v) is 3.29. The molecular formula is C14H20N4O. The van der Waals surface area contributed by atoms with Crippen molar-refractivity contribution in [3.63, 3.8) is 0 Å². The van der Waals surface area contributed by atoms with E-state index in [-0.39, 0.29) is 5.91 Å². The zero-order chi connectivity index (χ0) is 14.0. The highest BCUT2D eigenvalue weighted by Gasteiger charge is 2.13. The van der Waals surface area contributed by atoms with E-state index < -0.39 is 6.04 Å². The molecule has 0 aliphatic heterocycles. The highest BCUT2D eigenvalue weighted by Crippen LogP contribution is 2.14. The van der Waals surface area contributed by atoms with Crippen molar-refractivity contribution in [1.82, 2.24) is 14.5 Å². The van der Waals surface area contributed by atoms with Gasteiger partial charge in [0.1, 0.15) is 0 Å². The van der Waals surface area contributed by atoms with Crippen molar-refractivity contribution in [2.24, 2.45) is 12.8 Å². The fourth-order valence-corrected chi connectivity index (χ4v) is 2.09. The SMILES string of the molecule is CC(N)C(=O)N(C)CCc1ccc2c(c1)ncn2C. The molecule has 1 atom stereocenters. The number of aryl methyl sites for hydroxylation is 1. The van der Waals surface area contributed by atoms with Gasteiger partial charge in [-0.1, -0.05) is 6.07 Å². The molecule has 0 saturated heterocycles. The van der Waals surface area contributed by atoms with Crippen LogP contribution < -0.4 is 5.73 Å². The average Bonchev–Trinajstić information content (AvgIpc) is 2.76. The Kier molecular flexibility index (Phi) is 3.85. The zero-order valence-corrected chi connectivity index (χ0v) is 11.6. The number of nitrogens with two attached hydrogens (primary N) is 1. The number of rotatable bonds is 4. The van der Waals surface area contributed by atoms with E-state index in [2.05, 4.69) is 23.2 Å². The summed E-state index contributed by atoms with van der Waals surface area (Å²) in [4.78, 5) is 17.7. The van der Waals surface area contributed by atoms with E-state index in [1.165, 1.54) is 5.56 Å². The molecule has 1 aromatic carbocycles. The first kappa shape index (κ1) is 13.5. The van der Waals surface area contributed by atoms with E-state index in [1.807, 2.05) is 11.6 Å². The maximum Gasteiger partial charge on any atom is 0.238 e. The molecule has 0 aliphatic carbocycles. The number of carbonyl (C=O) groups excluding carboxylic acids is 1. The van der Waals surface area contributed by atoms with Crippen LogP contribution in [0.3, 0.4) is 0 Å². The van der Waals surface area contributed by atoms with Gasteiger partial charge in [0, 0.05) is 20.6 Å². The molecule has 2 N–H and O–H groups in total. The van der Waals surface area contributed by atoms with Crippen LogP contribution in [0.2, 0.25) is 0 Å². The summed E-state index contributed by atoms with van der Waals surface area (Å²) >= 11 is 0. The Bertz CT molecular complexity index is 588. The largest absolute Gasteiger partial charge is 0.344 e. The van der Waals surface area contributed by atoms with Crippen molar-refractivity contribution in [2.75, 3.05) is 13.6 Å². The van der Waals surface area contributed by atoms with Gasteiger partial charge in [0.25, 0.3) is 0 Å². The number of fused-ring (bicyclic) bond motifs is 1. The maximum absolute atomic E-state index is 11.7. The number of likely N-dealkylation sites (N-methyl/N-ethyl adjacent to an activating group) is 1. The predicted molar refractivity (Wildman–Crippen MR) is 75.7 cm³/mol. The van der Waals surface area contributed by atoms with Crippen LogP contribution in [0.4, 0.5) is 0 Å². The molecule has 0 aliphatic rings. The lowest BCUT2D eigenvalue weighted by atomic mass is 10.1. The first-order chi connectivity index (χ1) is 8.99. The van der Waals surface area contributed by atoms with E-state index in [4.69, 9.17) is 5.73 Å². The van der Waals surface area contributed by atoms with Crippen LogP contribution in [0.25, 0.3) is 11.0 Å². The molecule has 0 saturated carbocycles. The van der Waals surface area contributed by atoms with Crippen LogP contribution in [-0.2, 0) is 18.3 Å². The molecule has 102 valence electrons. The molecular weight excluding hydrogens is 240 g/mol. The van der Waals surface area contributed by atoms with Gasteiger partial charge in [-0.05, 0) is 31.0 Å². The van der Waals surface area contributed by atoms with Crippen molar-refractivity contribution < 1.29 is 4.79 Å². The fraction of sp³-hybridized carbons (Fsp3) is 0.429. The van der Waals surface area contributed by atoms with Gasteiger partial charge in [0.05, 0.1) is 23.4 Å². The Morgan fingerprint density at radius 3 is 2.95 bits per heavy atom. The number of hydrogen-bond acceptors (Lipinski definition) is 3. The molecule has 1 amide bonds.